The number of thiocarbonyl (C=S) groups is 1. The minimum atomic E-state index is -0.490. The van der Waals surface area contributed by atoms with Gasteiger partial charge in [-0.2, -0.15) is 0 Å². The number of carbonyl (C=O) groups excluding carboxylic acids is 1. The maximum absolute atomic E-state index is 13.5. The van der Waals surface area contributed by atoms with Crippen LogP contribution in [0.5, 0.6) is 0 Å². The minimum absolute atomic E-state index is 0.130. The Morgan fingerprint density at radius 1 is 1.33 bits per heavy atom. The lowest BCUT2D eigenvalue weighted by Crippen LogP contribution is -2.15. The molecule has 2 aromatic rings. The molecule has 0 aromatic heterocycles. The molecular formula is C15H12BrFN2OS. The maximum atomic E-state index is 13.5. The topological polar surface area (TPSA) is 55.1 Å². The molecule has 0 spiro atoms. The molecule has 0 unspecified atom stereocenters. The smallest absolute Gasteiger partial charge is 0.256 e. The lowest BCUT2D eigenvalue weighted by Gasteiger charge is -2.11. The van der Waals surface area contributed by atoms with Gasteiger partial charge in [-0.3, -0.25) is 4.79 Å². The highest BCUT2D eigenvalue weighted by molar-refractivity contribution is 9.10. The minimum Gasteiger partial charge on any atom is -0.389 e. The van der Waals surface area contributed by atoms with Crippen molar-refractivity contribution in [2.45, 2.75) is 6.92 Å². The molecule has 0 saturated carbocycles. The first-order chi connectivity index (χ1) is 9.90. The fourth-order valence-electron chi connectivity index (χ4n) is 1.78. The molecule has 0 aliphatic rings. The van der Waals surface area contributed by atoms with Gasteiger partial charge in [-0.15, -0.1) is 0 Å². The van der Waals surface area contributed by atoms with E-state index < -0.39 is 11.7 Å². The Kier molecular flexibility index (Phi) is 4.69. The molecule has 3 N–H and O–H groups in total. The summed E-state index contributed by atoms with van der Waals surface area (Å²) in [7, 11) is 0. The second kappa shape index (κ2) is 6.32. The van der Waals surface area contributed by atoms with Gasteiger partial charge >= 0.3 is 0 Å². The van der Waals surface area contributed by atoms with Crippen LogP contribution in [0.4, 0.5) is 10.1 Å². The first kappa shape index (κ1) is 15.6. The number of benzene rings is 2. The van der Waals surface area contributed by atoms with Crippen LogP contribution >= 0.6 is 28.1 Å². The molecule has 0 radical (unpaired) electrons. The summed E-state index contributed by atoms with van der Waals surface area (Å²) in [5, 5.41) is 2.74. The highest BCUT2D eigenvalue weighted by Crippen LogP contribution is 2.23. The molecule has 6 heteroatoms. The summed E-state index contributed by atoms with van der Waals surface area (Å²) < 4.78 is 13.6. The van der Waals surface area contributed by atoms with E-state index in [0.717, 1.165) is 5.56 Å². The summed E-state index contributed by atoms with van der Waals surface area (Å²) in [4.78, 5) is 12.5. The van der Waals surface area contributed by atoms with Crippen LogP contribution in [-0.4, -0.2) is 10.9 Å². The fourth-order valence-corrected chi connectivity index (χ4v) is 2.35. The van der Waals surface area contributed by atoms with E-state index in [-0.39, 0.29) is 15.0 Å². The van der Waals surface area contributed by atoms with Gasteiger partial charge in [0.2, 0.25) is 0 Å². The molecular weight excluding hydrogens is 355 g/mol. The van der Waals surface area contributed by atoms with Crippen molar-refractivity contribution >= 4 is 44.7 Å². The molecule has 108 valence electrons. The van der Waals surface area contributed by atoms with Crippen LogP contribution in [0.1, 0.15) is 21.5 Å². The quantitative estimate of drug-likeness (QED) is 0.812. The van der Waals surface area contributed by atoms with Gasteiger partial charge in [0.05, 0.1) is 10.0 Å². The maximum Gasteiger partial charge on any atom is 0.256 e. The molecule has 0 saturated heterocycles. The van der Waals surface area contributed by atoms with Crippen molar-refractivity contribution < 1.29 is 9.18 Å². The van der Waals surface area contributed by atoms with Crippen LogP contribution in [0.15, 0.2) is 40.9 Å². The number of amides is 1. The average Bonchev–Trinajstić information content (AvgIpc) is 2.43. The molecule has 0 heterocycles. The second-order valence-electron chi connectivity index (χ2n) is 4.45. The second-order valence-corrected chi connectivity index (χ2v) is 5.68. The Bertz CT molecular complexity index is 734. The van der Waals surface area contributed by atoms with Crippen LogP contribution in [0.3, 0.4) is 0 Å². The molecule has 0 fully saturated rings. The van der Waals surface area contributed by atoms with E-state index in [1.165, 1.54) is 18.2 Å². The van der Waals surface area contributed by atoms with Crippen LogP contribution in [0, 0.1) is 12.7 Å². The van der Waals surface area contributed by atoms with Gasteiger partial charge in [0.1, 0.15) is 10.8 Å². The van der Waals surface area contributed by atoms with Gasteiger partial charge < -0.3 is 11.1 Å². The predicted molar refractivity (Wildman–Crippen MR) is 89.1 cm³/mol. The lowest BCUT2D eigenvalue weighted by atomic mass is 10.1. The van der Waals surface area contributed by atoms with E-state index in [1.807, 2.05) is 13.0 Å². The standard InChI is InChI=1S/C15H12BrFN2OS/c1-8-5-6-9(14(18)21)7-12(8)19-15(20)10-3-2-4-11(17)13(10)16/h2-7H,1H3,(H2,18,21)(H,19,20). The summed E-state index contributed by atoms with van der Waals surface area (Å²) in [5.41, 5.74) is 7.90. The van der Waals surface area contributed by atoms with Crippen LogP contribution in [-0.2, 0) is 0 Å². The number of anilines is 1. The number of halogens is 2. The number of rotatable bonds is 3. The molecule has 21 heavy (non-hydrogen) atoms. The summed E-state index contributed by atoms with van der Waals surface area (Å²) >= 11 is 7.99. The van der Waals surface area contributed by atoms with E-state index in [1.54, 1.807) is 12.1 Å². The van der Waals surface area contributed by atoms with Crippen LogP contribution < -0.4 is 11.1 Å². The molecule has 0 aliphatic heterocycles. The zero-order valence-corrected chi connectivity index (χ0v) is 13.5. The van der Waals surface area contributed by atoms with E-state index in [2.05, 4.69) is 21.2 Å². The zero-order chi connectivity index (χ0) is 15.6. The number of hydrogen-bond acceptors (Lipinski definition) is 2. The third-order valence-electron chi connectivity index (χ3n) is 2.97. The molecule has 0 atom stereocenters. The first-order valence-electron chi connectivity index (χ1n) is 6.06. The van der Waals surface area contributed by atoms with E-state index in [4.69, 9.17) is 18.0 Å². The Labute approximate surface area is 135 Å². The van der Waals surface area contributed by atoms with Gasteiger partial charge in [-0.25, -0.2) is 4.39 Å². The Morgan fingerprint density at radius 3 is 2.71 bits per heavy atom. The molecule has 2 rings (SSSR count). The number of nitrogens with two attached hydrogens (primary N) is 1. The normalized spacial score (nSPS) is 10.2. The Hall–Kier alpha value is -1.79. The van der Waals surface area contributed by atoms with Crippen molar-refractivity contribution in [2.75, 3.05) is 5.32 Å². The molecule has 3 nitrogen and oxygen atoms in total. The number of nitrogens with one attached hydrogen (secondary N) is 1. The highest BCUT2D eigenvalue weighted by atomic mass is 79.9. The van der Waals surface area contributed by atoms with Crippen molar-refractivity contribution in [1.29, 1.82) is 0 Å². The van der Waals surface area contributed by atoms with Crippen LogP contribution in [0.25, 0.3) is 0 Å². The number of aryl methyl sites for hydroxylation is 1. The fraction of sp³-hybridized carbons (Fsp3) is 0.0667. The monoisotopic (exact) mass is 366 g/mol. The van der Waals surface area contributed by atoms with Crippen molar-refractivity contribution in [2.24, 2.45) is 5.73 Å². The Balaban J connectivity index is 2.33. The van der Waals surface area contributed by atoms with Gasteiger partial charge in [-0.05, 0) is 46.6 Å². The lowest BCUT2D eigenvalue weighted by molar-refractivity contribution is 0.102. The average molecular weight is 367 g/mol. The summed E-state index contributed by atoms with van der Waals surface area (Å²) in [6, 6.07) is 9.58. The third-order valence-corrected chi connectivity index (χ3v) is 4.01. The van der Waals surface area contributed by atoms with Crippen molar-refractivity contribution in [3.05, 3.63) is 63.4 Å². The van der Waals surface area contributed by atoms with Crippen molar-refractivity contribution in [1.82, 2.24) is 0 Å². The van der Waals surface area contributed by atoms with Gasteiger partial charge in [0.15, 0.2) is 0 Å². The first-order valence-corrected chi connectivity index (χ1v) is 7.26. The summed E-state index contributed by atoms with van der Waals surface area (Å²) in [6.07, 6.45) is 0. The van der Waals surface area contributed by atoms with Crippen molar-refractivity contribution in [3.8, 4) is 0 Å². The van der Waals surface area contributed by atoms with Crippen molar-refractivity contribution in [3.63, 3.8) is 0 Å². The molecule has 0 bridgehead atoms. The van der Waals surface area contributed by atoms with E-state index in [9.17, 15) is 9.18 Å². The zero-order valence-electron chi connectivity index (χ0n) is 11.1. The van der Waals surface area contributed by atoms with E-state index >= 15 is 0 Å². The SMILES string of the molecule is Cc1ccc(C(N)=S)cc1NC(=O)c1cccc(F)c1Br. The molecule has 2 aromatic carbocycles. The van der Waals surface area contributed by atoms with Crippen LogP contribution in [0.2, 0.25) is 0 Å². The number of carbonyl (C=O) groups is 1. The molecule has 0 aliphatic carbocycles. The largest absolute Gasteiger partial charge is 0.389 e. The summed E-state index contributed by atoms with van der Waals surface area (Å²) in [6.45, 7) is 1.85. The predicted octanol–water partition coefficient (Wildman–Crippen LogP) is 3.78. The van der Waals surface area contributed by atoms with Gasteiger partial charge in [0.25, 0.3) is 5.91 Å². The van der Waals surface area contributed by atoms with Gasteiger partial charge in [-0.1, -0.05) is 30.4 Å². The van der Waals surface area contributed by atoms with Gasteiger partial charge in [0, 0.05) is 11.3 Å². The highest BCUT2D eigenvalue weighted by Gasteiger charge is 2.14. The van der Waals surface area contributed by atoms with E-state index in [0.29, 0.717) is 11.3 Å². The third kappa shape index (κ3) is 3.46. The Morgan fingerprint density at radius 2 is 2.05 bits per heavy atom. The molecule has 1 amide bonds. The number of hydrogen-bond donors (Lipinski definition) is 2. The summed E-state index contributed by atoms with van der Waals surface area (Å²) in [5.74, 6) is -0.902.